The Balaban J connectivity index is 1.21. The minimum atomic E-state index is -0.326. The van der Waals surface area contributed by atoms with Crippen molar-refractivity contribution >= 4 is 11.7 Å². The maximum absolute atomic E-state index is 13.5. The maximum Gasteiger partial charge on any atom is 0.256 e. The zero-order chi connectivity index (χ0) is 26.6. The average molecular weight is 526 g/mol. The standard InChI is InChI=1S/C30H28FN5O3/c31-24-9-7-23(8-10-24)28-32-18-25(30(37)33-17-22-6-11-26-27(16-22)39-20-38-26)29(34-28)36-14-12-35(13-15-36)19-21-4-2-1-3-5-21/h1-11,16,18H,12-15,17,19-20H2,(H,33,37). The van der Waals surface area contributed by atoms with Crippen LogP contribution in [0.15, 0.2) is 79.0 Å². The van der Waals surface area contributed by atoms with Gasteiger partial charge in [-0.25, -0.2) is 14.4 Å². The zero-order valence-corrected chi connectivity index (χ0v) is 21.3. The van der Waals surface area contributed by atoms with Gasteiger partial charge in [-0.2, -0.15) is 0 Å². The molecule has 1 amide bonds. The minimum absolute atomic E-state index is 0.199. The van der Waals surface area contributed by atoms with E-state index < -0.39 is 0 Å². The van der Waals surface area contributed by atoms with Crippen molar-refractivity contribution in [2.45, 2.75) is 13.1 Å². The average Bonchev–Trinajstić information content (AvgIpc) is 3.45. The topological polar surface area (TPSA) is 79.8 Å². The summed E-state index contributed by atoms with van der Waals surface area (Å²) in [4.78, 5) is 27.2. The SMILES string of the molecule is O=C(NCc1ccc2c(c1)OCO2)c1cnc(-c2ccc(F)cc2)nc1N1CCN(Cc2ccccc2)CC1. The summed E-state index contributed by atoms with van der Waals surface area (Å²) in [5.41, 5.74) is 3.26. The zero-order valence-electron chi connectivity index (χ0n) is 21.3. The highest BCUT2D eigenvalue weighted by Crippen LogP contribution is 2.32. The second-order valence-electron chi connectivity index (χ2n) is 9.56. The fourth-order valence-electron chi connectivity index (χ4n) is 4.80. The number of halogens is 1. The third-order valence-electron chi connectivity index (χ3n) is 6.93. The van der Waals surface area contributed by atoms with E-state index in [0.29, 0.717) is 40.8 Å². The molecule has 8 nitrogen and oxygen atoms in total. The molecule has 0 unspecified atom stereocenters. The summed E-state index contributed by atoms with van der Waals surface area (Å²) in [6.45, 7) is 4.50. The van der Waals surface area contributed by atoms with E-state index >= 15 is 0 Å². The lowest BCUT2D eigenvalue weighted by Gasteiger charge is -2.36. The summed E-state index contributed by atoms with van der Waals surface area (Å²) in [6, 6.07) is 22.0. The Morgan fingerprint density at radius 2 is 1.67 bits per heavy atom. The van der Waals surface area contributed by atoms with E-state index in [1.54, 1.807) is 18.3 Å². The van der Waals surface area contributed by atoms with E-state index in [9.17, 15) is 9.18 Å². The highest BCUT2D eigenvalue weighted by Gasteiger charge is 2.25. The number of ether oxygens (including phenoxy) is 2. The van der Waals surface area contributed by atoms with Crippen LogP contribution < -0.4 is 19.7 Å². The first-order valence-electron chi connectivity index (χ1n) is 12.9. The number of anilines is 1. The summed E-state index contributed by atoms with van der Waals surface area (Å²) < 4.78 is 24.3. The van der Waals surface area contributed by atoms with Crippen molar-refractivity contribution in [3.8, 4) is 22.9 Å². The smallest absolute Gasteiger partial charge is 0.256 e. The molecular weight excluding hydrogens is 497 g/mol. The van der Waals surface area contributed by atoms with Gasteiger partial charge < -0.3 is 19.7 Å². The van der Waals surface area contributed by atoms with Crippen LogP contribution in [0.5, 0.6) is 11.5 Å². The molecule has 0 bridgehead atoms. The largest absolute Gasteiger partial charge is 0.454 e. The number of aromatic nitrogens is 2. The summed E-state index contributed by atoms with van der Waals surface area (Å²) in [7, 11) is 0. The fourth-order valence-corrected chi connectivity index (χ4v) is 4.80. The molecule has 6 rings (SSSR count). The third kappa shape index (κ3) is 5.68. The molecule has 1 N–H and O–H groups in total. The Hall–Kier alpha value is -4.50. The van der Waals surface area contributed by atoms with Crippen molar-refractivity contribution in [2.75, 3.05) is 37.9 Å². The van der Waals surface area contributed by atoms with Gasteiger partial charge in [-0.15, -0.1) is 0 Å². The van der Waals surface area contributed by atoms with E-state index in [0.717, 1.165) is 38.3 Å². The maximum atomic E-state index is 13.5. The van der Waals surface area contributed by atoms with Gasteiger partial charge >= 0.3 is 0 Å². The molecule has 1 fully saturated rings. The van der Waals surface area contributed by atoms with Crippen LogP contribution >= 0.6 is 0 Å². The minimum Gasteiger partial charge on any atom is -0.454 e. The summed E-state index contributed by atoms with van der Waals surface area (Å²) in [6.07, 6.45) is 1.56. The first-order chi connectivity index (χ1) is 19.1. The third-order valence-corrected chi connectivity index (χ3v) is 6.93. The number of hydrogen-bond acceptors (Lipinski definition) is 7. The molecule has 3 aromatic carbocycles. The van der Waals surface area contributed by atoms with E-state index in [1.165, 1.54) is 17.7 Å². The second-order valence-corrected chi connectivity index (χ2v) is 9.56. The number of carbonyl (C=O) groups excluding carboxylic acids is 1. The molecule has 0 spiro atoms. The number of benzene rings is 3. The first kappa shape index (κ1) is 24.8. The van der Waals surface area contributed by atoms with Crippen LogP contribution in [0.25, 0.3) is 11.4 Å². The van der Waals surface area contributed by atoms with Crippen LogP contribution in [0.2, 0.25) is 0 Å². The molecule has 2 aliphatic heterocycles. The quantitative estimate of drug-likeness (QED) is 0.386. The van der Waals surface area contributed by atoms with Gasteiger partial charge in [-0.05, 0) is 47.5 Å². The normalized spacial score (nSPS) is 14.8. The van der Waals surface area contributed by atoms with Crippen LogP contribution in [0.1, 0.15) is 21.5 Å². The van der Waals surface area contributed by atoms with Crippen molar-refractivity contribution in [3.63, 3.8) is 0 Å². The number of nitrogens with one attached hydrogen (secondary N) is 1. The van der Waals surface area contributed by atoms with Gasteiger partial charge in [0.15, 0.2) is 17.3 Å². The van der Waals surface area contributed by atoms with Gasteiger partial charge in [0, 0.05) is 51.0 Å². The van der Waals surface area contributed by atoms with Gasteiger partial charge in [0.05, 0.1) is 0 Å². The van der Waals surface area contributed by atoms with Gasteiger partial charge in [0.2, 0.25) is 6.79 Å². The lowest BCUT2D eigenvalue weighted by molar-refractivity contribution is 0.0950. The number of amides is 1. The lowest BCUT2D eigenvalue weighted by atomic mass is 10.1. The highest BCUT2D eigenvalue weighted by molar-refractivity contribution is 5.99. The molecule has 2 aliphatic rings. The molecule has 0 aliphatic carbocycles. The monoisotopic (exact) mass is 525 g/mol. The molecule has 0 saturated carbocycles. The van der Waals surface area contributed by atoms with E-state index in [-0.39, 0.29) is 18.5 Å². The predicted octanol–water partition coefficient (Wildman–Crippen LogP) is 4.26. The van der Waals surface area contributed by atoms with E-state index in [1.807, 2.05) is 24.3 Å². The van der Waals surface area contributed by atoms with Gasteiger partial charge in [-0.3, -0.25) is 9.69 Å². The predicted molar refractivity (Wildman–Crippen MR) is 145 cm³/mol. The van der Waals surface area contributed by atoms with Gasteiger partial charge in [0.1, 0.15) is 17.2 Å². The molecule has 0 atom stereocenters. The summed E-state index contributed by atoms with van der Waals surface area (Å²) >= 11 is 0. The number of piperazine rings is 1. The van der Waals surface area contributed by atoms with Crippen LogP contribution in [-0.4, -0.2) is 53.7 Å². The van der Waals surface area contributed by atoms with Crippen LogP contribution in [-0.2, 0) is 13.1 Å². The van der Waals surface area contributed by atoms with E-state index in [4.69, 9.17) is 14.5 Å². The van der Waals surface area contributed by atoms with Gasteiger partial charge in [0.25, 0.3) is 5.91 Å². The highest BCUT2D eigenvalue weighted by atomic mass is 19.1. The van der Waals surface area contributed by atoms with Crippen molar-refractivity contribution in [2.24, 2.45) is 0 Å². The second kappa shape index (κ2) is 11.1. The fraction of sp³-hybridized carbons (Fsp3) is 0.233. The molecule has 3 heterocycles. The number of hydrogen-bond donors (Lipinski definition) is 1. The Kier molecular flexibility index (Phi) is 7.05. The first-order valence-corrected chi connectivity index (χ1v) is 12.9. The Bertz CT molecular complexity index is 1460. The Morgan fingerprint density at radius 1 is 0.897 bits per heavy atom. The Morgan fingerprint density at radius 3 is 2.46 bits per heavy atom. The van der Waals surface area contributed by atoms with Crippen LogP contribution in [0.4, 0.5) is 10.2 Å². The molecule has 9 heteroatoms. The molecule has 39 heavy (non-hydrogen) atoms. The molecule has 1 aromatic heterocycles. The van der Waals surface area contributed by atoms with Crippen LogP contribution in [0, 0.1) is 5.82 Å². The number of nitrogens with zero attached hydrogens (tertiary/aromatic N) is 4. The van der Waals surface area contributed by atoms with Crippen molar-refractivity contribution in [3.05, 3.63) is 102 Å². The van der Waals surface area contributed by atoms with Crippen LogP contribution in [0.3, 0.4) is 0 Å². The molecular formula is C30H28FN5O3. The molecule has 198 valence electrons. The van der Waals surface area contributed by atoms with E-state index in [2.05, 4.69) is 44.4 Å². The molecule has 4 aromatic rings. The van der Waals surface area contributed by atoms with Crippen molar-refractivity contribution in [1.29, 1.82) is 0 Å². The number of rotatable bonds is 7. The van der Waals surface area contributed by atoms with Gasteiger partial charge in [-0.1, -0.05) is 36.4 Å². The van der Waals surface area contributed by atoms with Crippen molar-refractivity contribution in [1.82, 2.24) is 20.2 Å². The summed E-state index contributed by atoms with van der Waals surface area (Å²) in [5.74, 6) is 1.80. The van der Waals surface area contributed by atoms with Crippen molar-refractivity contribution < 1.29 is 18.7 Å². The molecule has 0 radical (unpaired) electrons. The number of carbonyl (C=O) groups is 1. The number of fused-ring (bicyclic) bond motifs is 1. The Labute approximate surface area is 226 Å². The molecule has 1 saturated heterocycles. The lowest BCUT2D eigenvalue weighted by Crippen LogP contribution is -2.47. The summed E-state index contributed by atoms with van der Waals surface area (Å²) in [5, 5.41) is 2.99.